The molecule has 25 heavy (non-hydrogen) atoms. The second kappa shape index (κ2) is 8.25. The Morgan fingerprint density at radius 2 is 1.92 bits per heavy atom. The molecule has 4 nitrogen and oxygen atoms in total. The Hall–Kier alpha value is -2.93. The van der Waals surface area contributed by atoms with Gasteiger partial charge in [0.05, 0.1) is 11.6 Å². The van der Waals surface area contributed by atoms with Gasteiger partial charge in [-0.15, -0.1) is 0 Å². The molecule has 1 unspecified atom stereocenters. The number of hydrogen-bond donors (Lipinski definition) is 1. The summed E-state index contributed by atoms with van der Waals surface area (Å²) in [5.74, 6) is -0.154. The molecule has 0 spiro atoms. The predicted octanol–water partition coefficient (Wildman–Crippen LogP) is 4.60. The van der Waals surface area contributed by atoms with Crippen molar-refractivity contribution in [3.63, 3.8) is 0 Å². The number of ketones is 1. The standard InChI is InChI=1S/C21H22N2O2/c1-4-14(3)20(24)19-10-9-18(12-16(19)5-2)23-21(25)17-8-6-7-15(11-17)13-22/h6-12,14H,4-5H2,1-3H3,(H,23,25). The number of nitrogens with one attached hydrogen (secondary N) is 1. The van der Waals surface area contributed by atoms with E-state index in [2.05, 4.69) is 5.32 Å². The highest BCUT2D eigenvalue weighted by atomic mass is 16.1. The van der Waals surface area contributed by atoms with E-state index in [0.29, 0.717) is 23.2 Å². The third-order valence-electron chi connectivity index (χ3n) is 4.32. The van der Waals surface area contributed by atoms with Gasteiger partial charge in [-0.2, -0.15) is 5.26 Å². The number of benzene rings is 2. The third kappa shape index (κ3) is 4.33. The molecule has 1 atom stereocenters. The summed E-state index contributed by atoms with van der Waals surface area (Å²) in [4.78, 5) is 24.8. The van der Waals surface area contributed by atoms with E-state index in [-0.39, 0.29) is 17.6 Å². The van der Waals surface area contributed by atoms with Gasteiger partial charge in [0.1, 0.15) is 0 Å². The second-order valence-corrected chi connectivity index (χ2v) is 6.05. The van der Waals surface area contributed by atoms with Gasteiger partial charge in [0, 0.05) is 22.7 Å². The average Bonchev–Trinajstić information content (AvgIpc) is 2.66. The van der Waals surface area contributed by atoms with E-state index < -0.39 is 0 Å². The first-order chi connectivity index (χ1) is 12.0. The van der Waals surface area contributed by atoms with Crippen LogP contribution >= 0.6 is 0 Å². The van der Waals surface area contributed by atoms with Crippen LogP contribution < -0.4 is 5.32 Å². The van der Waals surface area contributed by atoms with Gasteiger partial charge in [0.15, 0.2) is 5.78 Å². The van der Waals surface area contributed by atoms with Crippen LogP contribution in [0.25, 0.3) is 0 Å². The van der Waals surface area contributed by atoms with E-state index in [9.17, 15) is 9.59 Å². The highest BCUT2D eigenvalue weighted by Crippen LogP contribution is 2.21. The molecular formula is C21H22N2O2. The van der Waals surface area contributed by atoms with Gasteiger partial charge in [-0.1, -0.05) is 26.8 Å². The lowest BCUT2D eigenvalue weighted by Gasteiger charge is -2.14. The minimum atomic E-state index is -0.278. The first-order valence-corrected chi connectivity index (χ1v) is 8.48. The zero-order valence-corrected chi connectivity index (χ0v) is 14.8. The molecular weight excluding hydrogens is 312 g/mol. The highest BCUT2D eigenvalue weighted by Gasteiger charge is 2.17. The molecule has 4 heteroatoms. The molecule has 0 bridgehead atoms. The second-order valence-electron chi connectivity index (χ2n) is 6.05. The summed E-state index contributed by atoms with van der Waals surface area (Å²) in [5, 5.41) is 11.8. The smallest absolute Gasteiger partial charge is 0.255 e. The number of Topliss-reactive ketones (excluding diaryl/α,β-unsaturated/α-hetero) is 1. The van der Waals surface area contributed by atoms with Crippen molar-refractivity contribution >= 4 is 17.4 Å². The molecule has 0 fully saturated rings. The van der Waals surface area contributed by atoms with Gasteiger partial charge in [-0.3, -0.25) is 9.59 Å². The average molecular weight is 334 g/mol. The van der Waals surface area contributed by atoms with Crippen LogP contribution in [0.15, 0.2) is 42.5 Å². The summed E-state index contributed by atoms with van der Waals surface area (Å²) in [6, 6.07) is 14.0. The summed E-state index contributed by atoms with van der Waals surface area (Å²) >= 11 is 0. The molecule has 0 heterocycles. The molecule has 2 rings (SSSR count). The van der Waals surface area contributed by atoms with Crippen LogP contribution in [0.2, 0.25) is 0 Å². The number of carbonyl (C=O) groups excluding carboxylic acids is 2. The Morgan fingerprint density at radius 1 is 1.16 bits per heavy atom. The lowest BCUT2D eigenvalue weighted by Crippen LogP contribution is -2.15. The van der Waals surface area contributed by atoms with E-state index in [0.717, 1.165) is 17.5 Å². The number of nitrogens with zero attached hydrogens (tertiary/aromatic N) is 1. The van der Waals surface area contributed by atoms with Crippen LogP contribution in [0.3, 0.4) is 0 Å². The maximum atomic E-state index is 12.5. The number of anilines is 1. The van der Waals surface area contributed by atoms with Crippen molar-refractivity contribution in [3.05, 3.63) is 64.7 Å². The van der Waals surface area contributed by atoms with Crippen LogP contribution in [-0.2, 0) is 6.42 Å². The maximum absolute atomic E-state index is 12.5. The summed E-state index contributed by atoms with van der Waals surface area (Å²) in [5.41, 5.74) is 3.16. The van der Waals surface area contributed by atoms with E-state index in [1.165, 1.54) is 0 Å². The summed E-state index contributed by atoms with van der Waals surface area (Å²) in [6.45, 7) is 5.92. The molecule has 0 radical (unpaired) electrons. The minimum absolute atomic E-state index is 0.0144. The van der Waals surface area contributed by atoms with Gasteiger partial charge in [-0.05, 0) is 54.8 Å². The number of carbonyl (C=O) groups is 2. The number of amides is 1. The predicted molar refractivity (Wildman–Crippen MR) is 98.7 cm³/mol. The van der Waals surface area contributed by atoms with E-state index in [1.54, 1.807) is 36.4 Å². The fraction of sp³-hybridized carbons (Fsp3) is 0.286. The molecule has 0 aliphatic heterocycles. The first-order valence-electron chi connectivity index (χ1n) is 8.48. The molecule has 0 aromatic heterocycles. The highest BCUT2D eigenvalue weighted by molar-refractivity contribution is 6.05. The molecule has 0 aliphatic carbocycles. The number of nitriles is 1. The maximum Gasteiger partial charge on any atom is 0.255 e. The van der Waals surface area contributed by atoms with Crippen LogP contribution in [0, 0.1) is 17.2 Å². The fourth-order valence-electron chi connectivity index (χ4n) is 2.59. The van der Waals surface area contributed by atoms with Crippen molar-refractivity contribution in [2.45, 2.75) is 33.6 Å². The van der Waals surface area contributed by atoms with Crippen molar-refractivity contribution < 1.29 is 9.59 Å². The van der Waals surface area contributed by atoms with Crippen LogP contribution in [-0.4, -0.2) is 11.7 Å². The first kappa shape index (κ1) is 18.4. The minimum Gasteiger partial charge on any atom is -0.322 e. The van der Waals surface area contributed by atoms with Crippen LogP contribution in [0.1, 0.15) is 59.0 Å². The number of hydrogen-bond acceptors (Lipinski definition) is 3. The quantitative estimate of drug-likeness (QED) is 0.785. The molecule has 1 N–H and O–H groups in total. The van der Waals surface area contributed by atoms with Gasteiger partial charge in [0.25, 0.3) is 5.91 Å². The van der Waals surface area contributed by atoms with Crippen LogP contribution in [0.5, 0.6) is 0 Å². The van der Waals surface area contributed by atoms with Gasteiger partial charge < -0.3 is 5.32 Å². The Kier molecular flexibility index (Phi) is 6.08. The van der Waals surface area contributed by atoms with Crippen molar-refractivity contribution in [2.24, 2.45) is 5.92 Å². The van der Waals surface area contributed by atoms with Gasteiger partial charge >= 0.3 is 0 Å². The zero-order valence-electron chi connectivity index (χ0n) is 14.8. The zero-order chi connectivity index (χ0) is 18.4. The lowest BCUT2D eigenvalue weighted by atomic mass is 9.92. The van der Waals surface area contributed by atoms with Crippen molar-refractivity contribution in [1.29, 1.82) is 5.26 Å². The van der Waals surface area contributed by atoms with Crippen molar-refractivity contribution in [2.75, 3.05) is 5.32 Å². The van der Waals surface area contributed by atoms with Crippen molar-refractivity contribution in [3.8, 4) is 6.07 Å². The fourth-order valence-corrected chi connectivity index (χ4v) is 2.59. The van der Waals surface area contributed by atoms with Crippen molar-refractivity contribution in [1.82, 2.24) is 0 Å². The summed E-state index contributed by atoms with van der Waals surface area (Å²) in [6.07, 6.45) is 1.51. The summed E-state index contributed by atoms with van der Waals surface area (Å²) in [7, 11) is 0. The van der Waals surface area contributed by atoms with Gasteiger partial charge in [0.2, 0.25) is 0 Å². The SMILES string of the molecule is CCc1cc(NC(=O)c2cccc(C#N)c2)ccc1C(=O)C(C)CC. The Bertz CT molecular complexity index is 834. The Balaban J connectivity index is 2.24. The van der Waals surface area contributed by atoms with E-state index in [1.807, 2.05) is 32.9 Å². The van der Waals surface area contributed by atoms with Crippen LogP contribution in [0.4, 0.5) is 5.69 Å². The monoisotopic (exact) mass is 334 g/mol. The molecule has 0 saturated carbocycles. The molecule has 2 aromatic carbocycles. The normalized spacial score (nSPS) is 11.4. The molecule has 2 aromatic rings. The van der Waals surface area contributed by atoms with E-state index >= 15 is 0 Å². The molecule has 128 valence electrons. The lowest BCUT2D eigenvalue weighted by molar-refractivity contribution is 0.0926. The molecule has 0 saturated heterocycles. The van der Waals surface area contributed by atoms with Gasteiger partial charge in [-0.25, -0.2) is 0 Å². The number of aryl methyl sites for hydroxylation is 1. The number of rotatable bonds is 6. The summed E-state index contributed by atoms with van der Waals surface area (Å²) < 4.78 is 0. The topological polar surface area (TPSA) is 70.0 Å². The Labute approximate surface area is 148 Å². The molecule has 0 aliphatic rings. The Morgan fingerprint density at radius 3 is 2.56 bits per heavy atom. The molecule has 1 amide bonds. The third-order valence-corrected chi connectivity index (χ3v) is 4.32. The van der Waals surface area contributed by atoms with E-state index in [4.69, 9.17) is 5.26 Å². The largest absolute Gasteiger partial charge is 0.322 e.